The van der Waals surface area contributed by atoms with E-state index in [9.17, 15) is 9.18 Å². The summed E-state index contributed by atoms with van der Waals surface area (Å²) in [7, 11) is 0. The second kappa shape index (κ2) is 8.32. The van der Waals surface area contributed by atoms with E-state index in [4.69, 9.17) is 9.72 Å². The second-order valence-corrected chi connectivity index (χ2v) is 8.91. The predicted molar refractivity (Wildman–Crippen MR) is 124 cm³/mol. The van der Waals surface area contributed by atoms with Gasteiger partial charge in [0.05, 0.1) is 36.3 Å². The molecule has 1 amide bonds. The highest BCUT2D eigenvalue weighted by molar-refractivity contribution is 5.98. The standard InChI is InChI=1S/C25H25FN6O2/c1-2-9-31-21-11-16(25(33)32-13-18-12-17(32)15-34-18)6-7-19(21)29-23(31)14-30-10-8-27-24(30)20-4-3-5-22(26)28-20/h3-8,10-11,17-18H,2,9,12-15H2,1H3/t17-,18?/m0/s1. The molecule has 8 nitrogen and oxygen atoms in total. The van der Waals surface area contributed by atoms with E-state index in [0.29, 0.717) is 36.8 Å². The molecule has 2 fully saturated rings. The van der Waals surface area contributed by atoms with Crippen LogP contribution in [0.4, 0.5) is 4.39 Å². The van der Waals surface area contributed by atoms with Crippen LogP contribution in [0, 0.1) is 5.95 Å². The molecule has 2 atom stereocenters. The van der Waals surface area contributed by atoms with Gasteiger partial charge in [0, 0.05) is 31.0 Å². The fourth-order valence-electron chi connectivity index (χ4n) is 5.07. The van der Waals surface area contributed by atoms with Crippen molar-refractivity contribution in [2.24, 2.45) is 0 Å². The summed E-state index contributed by atoms with van der Waals surface area (Å²) in [6.07, 6.45) is 5.55. The molecule has 2 bridgehead atoms. The SMILES string of the molecule is CCCn1c(Cn2ccnc2-c2cccc(F)n2)nc2ccc(C(=O)N3CC4C[C@H]3CO4)cc21. The maximum atomic E-state index is 13.7. The maximum Gasteiger partial charge on any atom is 0.254 e. The highest BCUT2D eigenvalue weighted by Crippen LogP contribution is 2.30. The lowest BCUT2D eigenvalue weighted by Gasteiger charge is -2.27. The Bertz CT molecular complexity index is 1380. The van der Waals surface area contributed by atoms with Gasteiger partial charge in [-0.15, -0.1) is 0 Å². The van der Waals surface area contributed by atoms with Crippen LogP contribution in [-0.2, 0) is 17.8 Å². The minimum Gasteiger partial charge on any atom is -0.374 e. The van der Waals surface area contributed by atoms with Gasteiger partial charge in [0.1, 0.15) is 11.5 Å². The zero-order chi connectivity index (χ0) is 23.2. The van der Waals surface area contributed by atoms with Crippen LogP contribution in [0.15, 0.2) is 48.8 Å². The number of hydrogen-bond acceptors (Lipinski definition) is 5. The Morgan fingerprint density at radius 3 is 2.91 bits per heavy atom. The van der Waals surface area contributed by atoms with Gasteiger partial charge < -0.3 is 18.8 Å². The number of fused-ring (bicyclic) bond motifs is 3. The topological polar surface area (TPSA) is 78.1 Å². The summed E-state index contributed by atoms with van der Waals surface area (Å²) in [4.78, 5) is 28.4. The molecule has 0 aliphatic carbocycles. The monoisotopic (exact) mass is 460 g/mol. The van der Waals surface area contributed by atoms with Crippen molar-refractivity contribution in [3.8, 4) is 11.5 Å². The van der Waals surface area contributed by atoms with Crippen LogP contribution in [-0.4, -0.2) is 60.2 Å². The van der Waals surface area contributed by atoms with E-state index in [1.165, 1.54) is 6.07 Å². The van der Waals surface area contributed by atoms with Gasteiger partial charge in [0.15, 0.2) is 5.82 Å². The zero-order valence-electron chi connectivity index (χ0n) is 18.9. The summed E-state index contributed by atoms with van der Waals surface area (Å²) in [5.41, 5.74) is 2.93. The first-order valence-corrected chi connectivity index (χ1v) is 11.7. The molecule has 174 valence electrons. The lowest BCUT2D eigenvalue weighted by molar-refractivity contribution is 0.0259. The first kappa shape index (κ1) is 21.0. The van der Waals surface area contributed by atoms with Gasteiger partial charge in [-0.25, -0.2) is 15.0 Å². The highest BCUT2D eigenvalue weighted by atomic mass is 19.1. The molecule has 34 heavy (non-hydrogen) atoms. The third-order valence-electron chi connectivity index (χ3n) is 6.65. The van der Waals surface area contributed by atoms with Crippen LogP contribution in [0.25, 0.3) is 22.6 Å². The van der Waals surface area contributed by atoms with E-state index in [-0.39, 0.29) is 18.1 Å². The molecule has 6 rings (SSSR count). The first-order chi connectivity index (χ1) is 16.6. The van der Waals surface area contributed by atoms with Gasteiger partial charge in [-0.3, -0.25) is 4.79 Å². The number of nitrogens with zero attached hydrogens (tertiary/aromatic N) is 6. The number of amides is 1. The van der Waals surface area contributed by atoms with Gasteiger partial charge >= 0.3 is 0 Å². The molecule has 0 spiro atoms. The van der Waals surface area contributed by atoms with E-state index in [0.717, 1.165) is 36.2 Å². The van der Waals surface area contributed by atoms with E-state index in [2.05, 4.69) is 21.5 Å². The number of carbonyl (C=O) groups excluding carboxylic acids is 1. The molecule has 9 heteroatoms. The quantitative estimate of drug-likeness (QED) is 0.412. The average Bonchev–Trinajstić information content (AvgIpc) is 3.63. The van der Waals surface area contributed by atoms with Crippen molar-refractivity contribution in [3.05, 3.63) is 66.1 Å². The van der Waals surface area contributed by atoms with Crippen molar-refractivity contribution in [1.82, 2.24) is 29.0 Å². The van der Waals surface area contributed by atoms with Crippen LogP contribution >= 0.6 is 0 Å². The molecule has 1 unspecified atom stereocenters. The molecule has 0 N–H and O–H groups in total. The molecular formula is C25H25FN6O2. The van der Waals surface area contributed by atoms with Crippen molar-refractivity contribution >= 4 is 16.9 Å². The number of pyridine rings is 1. The van der Waals surface area contributed by atoms with Crippen molar-refractivity contribution in [1.29, 1.82) is 0 Å². The number of halogens is 1. The Morgan fingerprint density at radius 2 is 2.15 bits per heavy atom. The summed E-state index contributed by atoms with van der Waals surface area (Å²) in [5, 5.41) is 0. The molecule has 0 radical (unpaired) electrons. The van der Waals surface area contributed by atoms with Gasteiger partial charge in [-0.1, -0.05) is 13.0 Å². The van der Waals surface area contributed by atoms with Crippen LogP contribution in [0.1, 0.15) is 35.9 Å². The van der Waals surface area contributed by atoms with E-state index in [1.807, 2.05) is 33.9 Å². The second-order valence-electron chi connectivity index (χ2n) is 8.91. The van der Waals surface area contributed by atoms with Crippen molar-refractivity contribution in [2.45, 2.75) is 45.0 Å². The maximum absolute atomic E-state index is 13.7. The summed E-state index contributed by atoms with van der Waals surface area (Å²) in [5.74, 6) is 0.945. The number of rotatable bonds is 6. The number of hydrogen-bond donors (Lipinski definition) is 0. The Balaban J connectivity index is 1.34. The fourth-order valence-corrected chi connectivity index (χ4v) is 5.07. The molecule has 5 heterocycles. The number of aryl methyl sites for hydroxylation is 1. The van der Waals surface area contributed by atoms with Gasteiger partial charge in [-0.05, 0) is 43.2 Å². The summed E-state index contributed by atoms with van der Waals surface area (Å²) >= 11 is 0. The molecule has 1 aromatic carbocycles. The molecule has 2 aliphatic heterocycles. The van der Waals surface area contributed by atoms with E-state index in [1.54, 1.807) is 18.3 Å². The third-order valence-corrected chi connectivity index (χ3v) is 6.65. The first-order valence-electron chi connectivity index (χ1n) is 11.7. The van der Waals surface area contributed by atoms with Gasteiger partial charge in [-0.2, -0.15) is 4.39 Å². The Kier molecular flexibility index (Phi) is 5.13. The van der Waals surface area contributed by atoms with Crippen molar-refractivity contribution < 1.29 is 13.9 Å². The molecular weight excluding hydrogens is 435 g/mol. The third kappa shape index (κ3) is 3.56. The van der Waals surface area contributed by atoms with Gasteiger partial charge in [0.25, 0.3) is 5.91 Å². The number of carbonyl (C=O) groups is 1. The van der Waals surface area contributed by atoms with Crippen molar-refractivity contribution in [3.63, 3.8) is 0 Å². The number of ether oxygens (including phenoxy) is 1. The Labute approximate surface area is 196 Å². The van der Waals surface area contributed by atoms with Gasteiger partial charge in [0.2, 0.25) is 5.95 Å². The van der Waals surface area contributed by atoms with Crippen LogP contribution in [0.2, 0.25) is 0 Å². The minimum absolute atomic E-state index is 0.0533. The highest BCUT2D eigenvalue weighted by Gasteiger charge is 2.41. The minimum atomic E-state index is -0.541. The molecule has 4 aromatic rings. The Morgan fingerprint density at radius 1 is 1.24 bits per heavy atom. The average molecular weight is 461 g/mol. The predicted octanol–water partition coefficient (Wildman–Crippen LogP) is 3.51. The lowest BCUT2D eigenvalue weighted by Crippen LogP contribution is -2.41. The van der Waals surface area contributed by atoms with Crippen LogP contribution in [0.3, 0.4) is 0 Å². The van der Waals surface area contributed by atoms with E-state index < -0.39 is 5.95 Å². The Hall–Kier alpha value is -3.59. The lowest BCUT2D eigenvalue weighted by atomic mass is 10.1. The molecule has 0 saturated carbocycles. The largest absolute Gasteiger partial charge is 0.374 e. The van der Waals surface area contributed by atoms with Crippen LogP contribution in [0.5, 0.6) is 0 Å². The zero-order valence-corrected chi connectivity index (χ0v) is 18.9. The summed E-state index contributed by atoms with van der Waals surface area (Å²) in [6.45, 7) is 4.64. The fraction of sp³-hybridized carbons (Fsp3) is 0.360. The number of benzene rings is 1. The smallest absolute Gasteiger partial charge is 0.254 e. The van der Waals surface area contributed by atoms with Crippen molar-refractivity contribution in [2.75, 3.05) is 13.2 Å². The normalized spacial score (nSPS) is 19.4. The number of likely N-dealkylation sites (tertiary alicyclic amines) is 1. The summed E-state index contributed by atoms with van der Waals surface area (Å²) in [6, 6.07) is 10.6. The number of morpholine rings is 1. The van der Waals surface area contributed by atoms with E-state index >= 15 is 0 Å². The summed E-state index contributed by atoms with van der Waals surface area (Å²) < 4.78 is 23.4. The molecule has 2 aliphatic rings. The molecule has 3 aromatic heterocycles. The molecule has 2 saturated heterocycles. The number of aromatic nitrogens is 5. The number of imidazole rings is 2. The van der Waals surface area contributed by atoms with Crippen LogP contribution < -0.4 is 0 Å².